The summed E-state index contributed by atoms with van der Waals surface area (Å²) in [7, 11) is -2.05. The summed E-state index contributed by atoms with van der Waals surface area (Å²) in [6, 6.07) is 12.2. The molecule has 6 nitrogen and oxygen atoms in total. The smallest absolute Gasteiger partial charge is 0.237 e. The Balaban J connectivity index is 1.74. The van der Waals surface area contributed by atoms with Gasteiger partial charge in [0, 0.05) is 33.2 Å². The number of halogens is 2. The van der Waals surface area contributed by atoms with Crippen LogP contribution in [0.3, 0.4) is 0 Å². The molecule has 2 aromatic rings. The molecule has 0 bridgehead atoms. The Hall–Kier alpha value is -2.36. The van der Waals surface area contributed by atoms with Crippen molar-refractivity contribution < 1.29 is 22.0 Å². The van der Waals surface area contributed by atoms with E-state index in [0.29, 0.717) is 26.2 Å². The lowest BCUT2D eigenvalue weighted by Crippen LogP contribution is -2.52. The zero-order valence-corrected chi connectivity index (χ0v) is 17.8. The molecule has 0 spiro atoms. The molecular weight excluding hydrogens is 412 g/mol. The third-order valence-electron chi connectivity index (χ3n) is 5.33. The van der Waals surface area contributed by atoms with Crippen LogP contribution in [0.4, 0.5) is 8.78 Å². The number of piperazine rings is 1. The Kier molecular flexibility index (Phi) is 6.84. The number of hydrogen-bond acceptors (Lipinski definition) is 4. The first-order valence-corrected chi connectivity index (χ1v) is 11.4. The van der Waals surface area contributed by atoms with E-state index in [1.807, 2.05) is 0 Å². The monoisotopic (exact) mass is 437 g/mol. The minimum Gasteiger partial charge on any atom is -0.339 e. The van der Waals surface area contributed by atoms with Gasteiger partial charge in [-0.3, -0.25) is 9.69 Å². The third kappa shape index (κ3) is 5.41. The highest BCUT2D eigenvalue weighted by molar-refractivity contribution is 7.88. The molecule has 3 rings (SSSR count). The molecule has 0 radical (unpaired) electrons. The van der Waals surface area contributed by atoms with Crippen LogP contribution in [0, 0.1) is 11.6 Å². The van der Waals surface area contributed by atoms with Crippen LogP contribution in [0.5, 0.6) is 0 Å². The van der Waals surface area contributed by atoms with Crippen LogP contribution in [-0.4, -0.2) is 74.5 Å². The van der Waals surface area contributed by atoms with Crippen molar-refractivity contribution in [3.05, 3.63) is 71.3 Å². The van der Waals surface area contributed by atoms with Gasteiger partial charge >= 0.3 is 0 Å². The number of benzene rings is 2. The number of carbonyl (C=O) groups is 1. The van der Waals surface area contributed by atoms with Crippen molar-refractivity contribution in [2.45, 2.75) is 6.04 Å². The minimum absolute atomic E-state index is 0.196. The van der Waals surface area contributed by atoms with E-state index in [9.17, 15) is 22.0 Å². The number of likely N-dealkylation sites (N-methyl/N-ethyl adjacent to an activating group) is 1. The Bertz CT molecular complexity index is 928. The zero-order valence-electron chi connectivity index (χ0n) is 17.0. The van der Waals surface area contributed by atoms with Gasteiger partial charge < -0.3 is 4.90 Å². The number of carbonyl (C=O) groups excluding carboxylic acids is 1. The quantitative estimate of drug-likeness (QED) is 0.695. The van der Waals surface area contributed by atoms with E-state index in [4.69, 9.17) is 0 Å². The number of rotatable bonds is 6. The van der Waals surface area contributed by atoms with Gasteiger partial charge in [-0.1, -0.05) is 24.3 Å². The maximum atomic E-state index is 13.4. The van der Waals surface area contributed by atoms with E-state index in [-0.39, 0.29) is 30.1 Å². The predicted octanol–water partition coefficient (Wildman–Crippen LogP) is 2.09. The summed E-state index contributed by atoms with van der Waals surface area (Å²) in [5, 5.41) is 0. The Morgan fingerprint density at radius 1 is 0.933 bits per heavy atom. The van der Waals surface area contributed by atoms with Crippen molar-refractivity contribution in [3.8, 4) is 0 Å². The van der Waals surface area contributed by atoms with Crippen molar-refractivity contribution in [3.63, 3.8) is 0 Å². The first-order valence-electron chi connectivity index (χ1n) is 9.59. The molecular formula is C21H25F2N3O3S. The van der Waals surface area contributed by atoms with Crippen molar-refractivity contribution >= 4 is 15.9 Å². The maximum absolute atomic E-state index is 13.4. The van der Waals surface area contributed by atoms with E-state index in [0.717, 1.165) is 21.7 Å². The van der Waals surface area contributed by atoms with Gasteiger partial charge in [0.25, 0.3) is 0 Å². The van der Waals surface area contributed by atoms with Crippen LogP contribution < -0.4 is 0 Å². The molecule has 0 aromatic heterocycles. The minimum atomic E-state index is -3.43. The highest BCUT2D eigenvalue weighted by Crippen LogP contribution is 2.30. The zero-order chi connectivity index (χ0) is 21.9. The molecule has 1 aliphatic heterocycles. The lowest BCUT2D eigenvalue weighted by atomic mass is 9.96. The van der Waals surface area contributed by atoms with Gasteiger partial charge in [-0.2, -0.15) is 4.31 Å². The third-order valence-corrected chi connectivity index (χ3v) is 6.59. The molecule has 0 unspecified atom stereocenters. The molecule has 9 heteroatoms. The summed E-state index contributed by atoms with van der Waals surface area (Å²) in [6.07, 6.45) is 1.06. The highest BCUT2D eigenvalue weighted by Gasteiger charge is 2.29. The molecule has 2 aromatic carbocycles. The largest absolute Gasteiger partial charge is 0.339 e. The van der Waals surface area contributed by atoms with Gasteiger partial charge in [-0.05, 0) is 35.4 Å². The van der Waals surface area contributed by atoms with Gasteiger partial charge in [0.2, 0.25) is 15.9 Å². The summed E-state index contributed by atoms with van der Waals surface area (Å²) < 4.78 is 51.0. The molecule has 0 saturated carbocycles. The standard InChI is InChI=1S/C21H25F2N3O3S/c1-24(30(2,28)29)15-20(27)25-11-13-26(14-12-25)21(16-3-7-18(22)8-4-16)17-5-9-19(23)10-6-17/h3-10,21H,11-15H2,1-2H3. The van der Waals surface area contributed by atoms with Crippen LogP contribution in [-0.2, 0) is 14.8 Å². The maximum Gasteiger partial charge on any atom is 0.237 e. The second kappa shape index (κ2) is 9.20. The van der Waals surface area contributed by atoms with E-state index in [1.165, 1.54) is 31.3 Å². The molecule has 1 amide bonds. The molecule has 0 aliphatic carbocycles. The predicted molar refractivity (Wildman–Crippen MR) is 110 cm³/mol. The molecule has 1 aliphatic rings. The molecule has 162 valence electrons. The van der Waals surface area contributed by atoms with E-state index in [2.05, 4.69) is 4.90 Å². The molecule has 1 saturated heterocycles. The first kappa shape index (κ1) is 22.3. The summed E-state index contributed by atoms with van der Waals surface area (Å²) in [6.45, 7) is 1.78. The van der Waals surface area contributed by atoms with E-state index < -0.39 is 10.0 Å². The van der Waals surface area contributed by atoms with Crippen LogP contribution in [0.15, 0.2) is 48.5 Å². The summed E-state index contributed by atoms with van der Waals surface area (Å²) in [5.74, 6) is -0.910. The normalized spacial score (nSPS) is 15.7. The van der Waals surface area contributed by atoms with Crippen molar-refractivity contribution in [2.24, 2.45) is 0 Å². The van der Waals surface area contributed by atoms with Gasteiger partial charge in [0.05, 0.1) is 18.8 Å². The number of hydrogen-bond donors (Lipinski definition) is 0. The Morgan fingerprint density at radius 2 is 1.37 bits per heavy atom. The molecule has 0 atom stereocenters. The van der Waals surface area contributed by atoms with E-state index >= 15 is 0 Å². The van der Waals surface area contributed by atoms with Crippen LogP contribution >= 0.6 is 0 Å². The SMILES string of the molecule is CN(CC(=O)N1CCN(C(c2ccc(F)cc2)c2ccc(F)cc2)CC1)S(C)(=O)=O. The molecule has 1 heterocycles. The van der Waals surface area contributed by atoms with Crippen molar-refractivity contribution in [1.29, 1.82) is 0 Å². The highest BCUT2D eigenvalue weighted by atomic mass is 32.2. The van der Waals surface area contributed by atoms with Crippen LogP contribution in [0.25, 0.3) is 0 Å². The van der Waals surface area contributed by atoms with Crippen molar-refractivity contribution in [2.75, 3.05) is 46.0 Å². The van der Waals surface area contributed by atoms with Gasteiger partial charge in [-0.25, -0.2) is 17.2 Å². The van der Waals surface area contributed by atoms with Crippen molar-refractivity contribution in [1.82, 2.24) is 14.1 Å². The topological polar surface area (TPSA) is 60.9 Å². The van der Waals surface area contributed by atoms with Gasteiger partial charge in [0.1, 0.15) is 11.6 Å². The summed E-state index contributed by atoms with van der Waals surface area (Å²) in [4.78, 5) is 16.3. The fraction of sp³-hybridized carbons (Fsp3) is 0.381. The Labute approximate surface area is 175 Å². The first-order chi connectivity index (χ1) is 14.1. The van der Waals surface area contributed by atoms with Gasteiger partial charge in [-0.15, -0.1) is 0 Å². The second-order valence-corrected chi connectivity index (χ2v) is 9.53. The number of sulfonamides is 1. The van der Waals surface area contributed by atoms with Crippen LogP contribution in [0.1, 0.15) is 17.2 Å². The molecule has 30 heavy (non-hydrogen) atoms. The average molecular weight is 438 g/mol. The lowest BCUT2D eigenvalue weighted by molar-refractivity contribution is -0.133. The summed E-state index contributed by atoms with van der Waals surface area (Å²) in [5.41, 5.74) is 1.75. The lowest BCUT2D eigenvalue weighted by Gasteiger charge is -2.40. The molecule has 1 fully saturated rings. The fourth-order valence-corrected chi connectivity index (χ4v) is 3.89. The van der Waals surface area contributed by atoms with Crippen LogP contribution in [0.2, 0.25) is 0 Å². The van der Waals surface area contributed by atoms with Gasteiger partial charge in [0.15, 0.2) is 0 Å². The fourth-order valence-electron chi connectivity index (χ4n) is 3.54. The average Bonchev–Trinajstić information content (AvgIpc) is 2.71. The Morgan fingerprint density at radius 3 is 1.77 bits per heavy atom. The number of nitrogens with zero attached hydrogens (tertiary/aromatic N) is 3. The second-order valence-electron chi connectivity index (χ2n) is 7.44. The number of amides is 1. The molecule has 0 N–H and O–H groups in total. The van der Waals surface area contributed by atoms with E-state index in [1.54, 1.807) is 29.2 Å². The summed E-state index contributed by atoms with van der Waals surface area (Å²) >= 11 is 0.